The third-order valence-corrected chi connectivity index (χ3v) is 5.21. The standard InChI is InChI=1S/C25H28N2O4/c1-5-31-25(29)23-17(2)22(26-18(23)3)16-27(15-19-9-7-6-8-10-19)24(28)20-11-13-21(30-4)14-12-20/h6-14,26H,5,15-16H2,1-4H3. The van der Waals surface area contributed by atoms with Gasteiger partial charge in [0.2, 0.25) is 0 Å². The molecule has 0 aliphatic rings. The first-order valence-corrected chi connectivity index (χ1v) is 10.3. The van der Waals surface area contributed by atoms with E-state index in [1.54, 1.807) is 43.2 Å². The Morgan fingerprint density at radius 2 is 1.65 bits per heavy atom. The fourth-order valence-electron chi connectivity index (χ4n) is 3.59. The first-order chi connectivity index (χ1) is 14.9. The summed E-state index contributed by atoms with van der Waals surface area (Å²) in [5, 5.41) is 0. The number of carbonyl (C=O) groups excluding carboxylic acids is 2. The molecule has 0 radical (unpaired) electrons. The monoisotopic (exact) mass is 420 g/mol. The van der Waals surface area contributed by atoms with E-state index >= 15 is 0 Å². The quantitative estimate of drug-likeness (QED) is 0.538. The van der Waals surface area contributed by atoms with Crippen molar-refractivity contribution in [2.45, 2.75) is 33.9 Å². The molecular weight excluding hydrogens is 392 g/mol. The Labute approximate surface area is 182 Å². The number of nitrogens with zero attached hydrogens (tertiary/aromatic N) is 1. The summed E-state index contributed by atoms with van der Waals surface area (Å²) < 4.78 is 10.4. The molecule has 162 valence electrons. The van der Waals surface area contributed by atoms with Crippen molar-refractivity contribution in [3.8, 4) is 5.75 Å². The zero-order chi connectivity index (χ0) is 22.4. The number of ether oxygens (including phenoxy) is 2. The van der Waals surface area contributed by atoms with E-state index < -0.39 is 0 Å². The molecule has 0 spiro atoms. The Morgan fingerprint density at radius 3 is 2.26 bits per heavy atom. The van der Waals surface area contributed by atoms with Crippen molar-refractivity contribution in [2.75, 3.05) is 13.7 Å². The van der Waals surface area contributed by atoms with Crippen LogP contribution in [-0.2, 0) is 17.8 Å². The van der Waals surface area contributed by atoms with Crippen LogP contribution in [0.15, 0.2) is 54.6 Å². The van der Waals surface area contributed by atoms with Crippen molar-refractivity contribution in [2.24, 2.45) is 0 Å². The third kappa shape index (κ3) is 5.15. The van der Waals surface area contributed by atoms with Crippen LogP contribution in [0.2, 0.25) is 0 Å². The van der Waals surface area contributed by atoms with E-state index in [1.165, 1.54) is 0 Å². The van der Waals surface area contributed by atoms with Crippen molar-refractivity contribution in [3.05, 3.63) is 88.2 Å². The first kappa shape index (κ1) is 22.2. The number of hydrogen-bond acceptors (Lipinski definition) is 4. The molecule has 3 aromatic rings. The van der Waals surface area contributed by atoms with Gasteiger partial charge in [0, 0.05) is 23.5 Å². The van der Waals surface area contributed by atoms with Gasteiger partial charge < -0.3 is 19.4 Å². The molecule has 0 bridgehead atoms. The molecule has 0 aliphatic carbocycles. The Morgan fingerprint density at radius 1 is 0.968 bits per heavy atom. The second-order valence-electron chi connectivity index (χ2n) is 7.32. The number of nitrogens with one attached hydrogen (secondary N) is 1. The van der Waals surface area contributed by atoms with E-state index in [0.717, 1.165) is 22.5 Å². The SMILES string of the molecule is CCOC(=O)c1c(C)[nH]c(CN(Cc2ccccc2)C(=O)c2ccc(OC)cc2)c1C. The van der Waals surface area contributed by atoms with E-state index in [1.807, 2.05) is 44.2 Å². The first-order valence-electron chi connectivity index (χ1n) is 10.3. The minimum absolute atomic E-state index is 0.101. The molecule has 0 atom stereocenters. The summed E-state index contributed by atoms with van der Waals surface area (Å²) in [6, 6.07) is 16.9. The second kappa shape index (κ2) is 9.98. The lowest BCUT2D eigenvalue weighted by Gasteiger charge is -2.23. The number of amides is 1. The predicted molar refractivity (Wildman–Crippen MR) is 119 cm³/mol. The smallest absolute Gasteiger partial charge is 0.340 e. The van der Waals surface area contributed by atoms with Crippen LogP contribution in [0.4, 0.5) is 0 Å². The summed E-state index contributed by atoms with van der Waals surface area (Å²) in [5.41, 5.74) is 4.49. The van der Waals surface area contributed by atoms with Crippen molar-refractivity contribution >= 4 is 11.9 Å². The fourth-order valence-corrected chi connectivity index (χ4v) is 3.59. The highest BCUT2D eigenvalue weighted by Gasteiger charge is 2.23. The topological polar surface area (TPSA) is 71.6 Å². The van der Waals surface area contributed by atoms with Gasteiger partial charge in [-0.25, -0.2) is 4.79 Å². The van der Waals surface area contributed by atoms with Gasteiger partial charge in [0.05, 0.1) is 25.8 Å². The lowest BCUT2D eigenvalue weighted by Crippen LogP contribution is -2.30. The van der Waals surface area contributed by atoms with E-state index in [2.05, 4.69) is 4.98 Å². The zero-order valence-electron chi connectivity index (χ0n) is 18.4. The number of methoxy groups -OCH3 is 1. The average molecular weight is 421 g/mol. The van der Waals surface area contributed by atoms with Gasteiger partial charge in [-0.05, 0) is 56.2 Å². The lowest BCUT2D eigenvalue weighted by atomic mass is 10.1. The number of aromatic nitrogens is 1. The minimum atomic E-state index is -0.351. The van der Waals surface area contributed by atoms with E-state index in [-0.39, 0.29) is 11.9 Å². The van der Waals surface area contributed by atoms with Crippen LogP contribution < -0.4 is 4.74 Å². The molecule has 0 fully saturated rings. The number of aromatic amines is 1. The Kier molecular flexibility index (Phi) is 7.13. The molecule has 6 nitrogen and oxygen atoms in total. The van der Waals surface area contributed by atoms with Gasteiger partial charge in [0.15, 0.2) is 0 Å². The third-order valence-electron chi connectivity index (χ3n) is 5.21. The highest BCUT2D eigenvalue weighted by molar-refractivity contribution is 5.95. The molecule has 0 aliphatic heterocycles. The van der Waals surface area contributed by atoms with Gasteiger partial charge >= 0.3 is 5.97 Å². The summed E-state index contributed by atoms with van der Waals surface area (Å²) in [5.74, 6) is 0.244. The Balaban J connectivity index is 1.92. The van der Waals surface area contributed by atoms with E-state index in [4.69, 9.17) is 9.47 Å². The molecule has 2 aromatic carbocycles. The lowest BCUT2D eigenvalue weighted by molar-refractivity contribution is 0.0525. The van der Waals surface area contributed by atoms with E-state index in [9.17, 15) is 9.59 Å². The van der Waals surface area contributed by atoms with Crippen LogP contribution in [0.25, 0.3) is 0 Å². The molecular formula is C25H28N2O4. The van der Waals surface area contributed by atoms with Crippen LogP contribution in [0.1, 0.15) is 50.2 Å². The summed E-state index contributed by atoms with van der Waals surface area (Å²) in [6.07, 6.45) is 0. The number of benzene rings is 2. The number of hydrogen-bond donors (Lipinski definition) is 1. The maximum absolute atomic E-state index is 13.4. The van der Waals surface area contributed by atoms with Crippen LogP contribution in [0, 0.1) is 13.8 Å². The number of esters is 1. The van der Waals surface area contributed by atoms with Gasteiger partial charge in [-0.2, -0.15) is 0 Å². The predicted octanol–water partition coefficient (Wildman–Crippen LogP) is 4.66. The summed E-state index contributed by atoms with van der Waals surface area (Å²) in [7, 11) is 1.59. The van der Waals surface area contributed by atoms with Gasteiger partial charge in [0.25, 0.3) is 5.91 Å². The highest BCUT2D eigenvalue weighted by atomic mass is 16.5. The maximum atomic E-state index is 13.4. The van der Waals surface area contributed by atoms with Crippen LogP contribution in [0.5, 0.6) is 5.75 Å². The molecule has 1 aromatic heterocycles. The highest BCUT2D eigenvalue weighted by Crippen LogP contribution is 2.23. The van der Waals surface area contributed by atoms with Crippen molar-refractivity contribution < 1.29 is 19.1 Å². The van der Waals surface area contributed by atoms with Crippen molar-refractivity contribution in [1.29, 1.82) is 0 Å². The normalized spacial score (nSPS) is 10.6. The fraction of sp³-hybridized carbons (Fsp3) is 0.280. The Bertz CT molecular complexity index is 1040. The zero-order valence-corrected chi connectivity index (χ0v) is 18.4. The van der Waals surface area contributed by atoms with Crippen LogP contribution in [0.3, 0.4) is 0 Å². The van der Waals surface area contributed by atoms with Crippen molar-refractivity contribution in [1.82, 2.24) is 9.88 Å². The van der Waals surface area contributed by atoms with Crippen LogP contribution >= 0.6 is 0 Å². The number of rotatable bonds is 8. The summed E-state index contributed by atoms with van der Waals surface area (Å²) in [4.78, 5) is 30.8. The maximum Gasteiger partial charge on any atom is 0.340 e. The van der Waals surface area contributed by atoms with Gasteiger partial charge in [-0.3, -0.25) is 4.79 Å². The molecule has 0 saturated heterocycles. The molecule has 6 heteroatoms. The molecule has 31 heavy (non-hydrogen) atoms. The van der Waals surface area contributed by atoms with Crippen molar-refractivity contribution in [3.63, 3.8) is 0 Å². The molecule has 3 rings (SSSR count). The average Bonchev–Trinajstić information content (AvgIpc) is 3.06. The number of aryl methyl sites for hydroxylation is 1. The van der Waals surface area contributed by atoms with Gasteiger partial charge in [0.1, 0.15) is 5.75 Å². The molecule has 1 amide bonds. The number of carbonyl (C=O) groups is 2. The second-order valence-corrected chi connectivity index (χ2v) is 7.32. The molecule has 0 unspecified atom stereocenters. The Hall–Kier alpha value is -3.54. The van der Waals surface area contributed by atoms with Gasteiger partial charge in [-0.1, -0.05) is 30.3 Å². The van der Waals surface area contributed by atoms with Gasteiger partial charge in [-0.15, -0.1) is 0 Å². The minimum Gasteiger partial charge on any atom is -0.497 e. The number of H-pyrrole nitrogens is 1. The van der Waals surface area contributed by atoms with Crippen LogP contribution in [-0.4, -0.2) is 35.5 Å². The summed E-state index contributed by atoms with van der Waals surface area (Å²) in [6.45, 7) is 6.60. The summed E-state index contributed by atoms with van der Waals surface area (Å²) >= 11 is 0. The molecule has 1 heterocycles. The molecule has 1 N–H and O–H groups in total. The largest absolute Gasteiger partial charge is 0.497 e. The van der Waals surface area contributed by atoms with E-state index in [0.29, 0.717) is 36.6 Å². The molecule has 0 saturated carbocycles.